The SMILES string of the molecule is C[C@]12CC[C@H]3[C@@H](CC=C4C[C@@H](OC5CCCCO5)C[C@H](OC5CCCCO5)[C@@]43C)[C@@H]1CC[C@@H]2CCO. The van der Waals surface area contributed by atoms with Crippen LogP contribution in [0.3, 0.4) is 0 Å². The highest BCUT2D eigenvalue weighted by molar-refractivity contribution is 5.28. The third kappa shape index (κ3) is 4.53. The molecule has 0 aromatic heterocycles. The maximum atomic E-state index is 9.73. The molecule has 2 saturated heterocycles. The molecule has 4 aliphatic carbocycles. The largest absolute Gasteiger partial charge is 0.396 e. The molecule has 0 radical (unpaired) electrons. The van der Waals surface area contributed by atoms with Crippen LogP contribution in [0.1, 0.15) is 104 Å². The van der Waals surface area contributed by atoms with E-state index in [1.165, 1.54) is 44.9 Å². The van der Waals surface area contributed by atoms with Crippen LogP contribution in [-0.4, -0.2) is 49.7 Å². The highest BCUT2D eigenvalue weighted by Gasteiger charge is 2.61. The zero-order chi connectivity index (χ0) is 24.8. The lowest BCUT2D eigenvalue weighted by atomic mass is 9.46. The summed E-state index contributed by atoms with van der Waals surface area (Å²) in [5.74, 6) is 2.87. The average molecular weight is 503 g/mol. The van der Waals surface area contributed by atoms with Gasteiger partial charge in [0.25, 0.3) is 0 Å². The quantitative estimate of drug-likeness (QED) is 0.427. The molecule has 0 aromatic carbocycles. The van der Waals surface area contributed by atoms with Crippen molar-refractivity contribution in [1.29, 1.82) is 0 Å². The van der Waals surface area contributed by atoms with E-state index in [1.807, 2.05) is 0 Å². The third-order valence-electron chi connectivity index (χ3n) is 11.7. The summed E-state index contributed by atoms with van der Waals surface area (Å²) in [6, 6.07) is 0. The predicted molar refractivity (Wildman–Crippen MR) is 139 cm³/mol. The first-order chi connectivity index (χ1) is 17.5. The summed E-state index contributed by atoms with van der Waals surface area (Å²) in [5.41, 5.74) is 2.05. The molecule has 6 rings (SSSR count). The van der Waals surface area contributed by atoms with Crippen LogP contribution in [0.15, 0.2) is 11.6 Å². The van der Waals surface area contributed by atoms with Crippen LogP contribution >= 0.6 is 0 Å². The molecule has 2 unspecified atom stereocenters. The molecular weight excluding hydrogens is 452 g/mol. The van der Waals surface area contributed by atoms with Crippen LogP contribution in [0.4, 0.5) is 0 Å². The zero-order valence-electron chi connectivity index (χ0n) is 22.8. The van der Waals surface area contributed by atoms with Crippen LogP contribution in [0.25, 0.3) is 0 Å². The van der Waals surface area contributed by atoms with Gasteiger partial charge in [-0.25, -0.2) is 0 Å². The van der Waals surface area contributed by atoms with Gasteiger partial charge in [-0.15, -0.1) is 0 Å². The van der Waals surface area contributed by atoms with Crippen LogP contribution in [0.2, 0.25) is 0 Å². The number of fused-ring (bicyclic) bond motifs is 5. The Labute approximate surface area is 218 Å². The molecule has 204 valence electrons. The highest BCUT2D eigenvalue weighted by atomic mass is 16.7. The molecule has 10 atom stereocenters. The zero-order valence-corrected chi connectivity index (χ0v) is 22.8. The Hall–Kier alpha value is -0.460. The van der Waals surface area contributed by atoms with Crippen molar-refractivity contribution < 1.29 is 24.1 Å². The van der Waals surface area contributed by atoms with Gasteiger partial charge in [0.05, 0.1) is 12.2 Å². The van der Waals surface area contributed by atoms with E-state index in [4.69, 9.17) is 18.9 Å². The van der Waals surface area contributed by atoms with E-state index in [0.717, 1.165) is 70.0 Å². The number of aliphatic hydroxyl groups is 1. The van der Waals surface area contributed by atoms with E-state index in [9.17, 15) is 5.11 Å². The van der Waals surface area contributed by atoms with Crippen LogP contribution in [-0.2, 0) is 18.9 Å². The molecule has 0 amide bonds. The standard InChI is InChI=1S/C31H50O5/c1-30-15-13-26-24(25(30)12-10-21(30)14-16-32)11-9-22-19-23(35-28-7-3-5-17-33-28)20-27(31(22,26)2)36-29-8-4-6-18-34-29/h9,21,23-29,32H,3-8,10-20H2,1-2H3/t21-,23-,24+,25+,26+,27+,28?,29?,30-,31+/m1/s1. The van der Waals surface area contributed by atoms with E-state index < -0.39 is 0 Å². The van der Waals surface area contributed by atoms with Gasteiger partial charge in [-0.2, -0.15) is 0 Å². The summed E-state index contributed by atoms with van der Waals surface area (Å²) >= 11 is 0. The van der Waals surface area contributed by atoms with Gasteiger partial charge in [0.1, 0.15) is 0 Å². The Balaban J connectivity index is 1.26. The molecule has 5 nitrogen and oxygen atoms in total. The minimum Gasteiger partial charge on any atom is -0.396 e. The summed E-state index contributed by atoms with van der Waals surface area (Å²) in [6.45, 7) is 7.09. The van der Waals surface area contributed by atoms with E-state index in [2.05, 4.69) is 19.9 Å². The lowest BCUT2D eigenvalue weighted by Crippen LogP contribution is -2.57. The number of hydrogen-bond acceptors (Lipinski definition) is 5. The fraction of sp³-hybridized carbons (Fsp3) is 0.935. The first-order valence-electron chi connectivity index (χ1n) is 15.4. The van der Waals surface area contributed by atoms with Crippen LogP contribution in [0, 0.1) is 34.5 Å². The molecule has 1 N–H and O–H groups in total. The summed E-state index contributed by atoms with van der Waals surface area (Å²) in [7, 11) is 0. The average Bonchev–Trinajstić information content (AvgIpc) is 3.22. The fourth-order valence-corrected chi connectivity index (χ4v) is 9.73. The topological polar surface area (TPSA) is 57.2 Å². The minimum atomic E-state index is -0.0684. The summed E-state index contributed by atoms with van der Waals surface area (Å²) in [6.07, 6.45) is 18.9. The molecule has 5 heteroatoms. The fourth-order valence-electron chi connectivity index (χ4n) is 9.73. The van der Waals surface area contributed by atoms with Crippen molar-refractivity contribution in [3.63, 3.8) is 0 Å². The molecule has 0 aromatic rings. The maximum absolute atomic E-state index is 9.73. The number of aliphatic hydroxyl groups excluding tert-OH is 1. The summed E-state index contributed by atoms with van der Waals surface area (Å²) in [4.78, 5) is 0. The van der Waals surface area contributed by atoms with Crippen molar-refractivity contribution in [3.05, 3.63) is 11.6 Å². The highest BCUT2D eigenvalue weighted by Crippen LogP contribution is 2.67. The third-order valence-corrected chi connectivity index (χ3v) is 11.7. The van der Waals surface area contributed by atoms with Gasteiger partial charge in [0.15, 0.2) is 12.6 Å². The van der Waals surface area contributed by atoms with Gasteiger partial charge >= 0.3 is 0 Å². The van der Waals surface area contributed by atoms with Crippen LogP contribution in [0.5, 0.6) is 0 Å². The predicted octanol–water partition coefficient (Wildman–Crippen LogP) is 6.38. The molecule has 3 saturated carbocycles. The molecule has 36 heavy (non-hydrogen) atoms. The first kappa shape index (κ1) is 25.8. The molecule has 2 aliphatic heterocycles. The van der Waals surface area contributed by atoms with Crippen molar-refractivity contribution in [3.8, 4) is 0 Å². The number of rotatable bonds is 6. The monoisotopic (exact) mass is 502 g/mol. The smallest absolute Gasteiger partial charge is 0.157 e. The Morgan fingerprint density at radius 2 is 1.67 bits per heavy atom. The normalized spacial score (nSPS) is 49.0. The molecule has 6 aliphatic rings. The lowest BCUT2D eigenvalue weighted by molar-refractivity contribution is -0.248. The van der Waals surface area contributed by atoms with Crippen LogP contribution < -0.4 is 0 Å². The second-order valence-electron chi connectivity index (χ2n) is 13.4. The van der Waals surface area contributed by atoms with Gasteiger partial charge in [0.2, 0.25) is 0 Å². The molecule has 0 spiro atoms. The van der Waals surface area contributed by atoms with E-state index >= 15 is 0 Å². The Morgan fingerprint density at radius 3 is 2.36 bits per heavy atom. The number of hydrogen-bond donors (Lipinski definition) is 1. The summed E-state index contributed by atoms with van der Waals surface area (Å²) in [5, 5.41) is 9.73. The van der Waals surface area contributed by atoms with Crippen molar-refractivity contribution in [2.45, 2.75) is 129 Å². The van der Waals surface area contributed by atoms with Crippen molar-refractivity contribution >= 4 is 0 Å². The van der Waals surface area contributed by atoms with Gasteiger partial charge < -0.3 is 24.1 Å². The first-order valence-corrected chi connectivity index (χ1v) is 15.4. The Morgan fingerprint density at radius 1 is 0.917 bits per heavy atom. The Bertz CT molecular complexity index is 786. The maximum Gasteiger partial charge on any atom is 0.157 e. The molecule has 0 bridgehead atoms. The number of allylic oxidation sites excluding steroid dienone is 1. The van der Waals surface area contributed by atoms with Crippen molar-refractivity contribution in [2.75, 3.05) is 19.8 Å². The van der Waals surface area contributed by atoms with Gasteiger partial charge in [-0.1, -0.05) is 25.5 Å². The van der Waals surface area contributed by atoms with Gasteiger partial charge in [0, 0.05) is 31.7 Å². The van der Waals surface area contributed by atoms with E-state index in [0.29, 0.717) is 23.9 Å². The van der Waals surface area contributed by atoms with Crippen molar-refractivity contribution in [1.82, 2.24) is 0 Å². The van der Waals surface area contributed by atoms with E-state index in [1.54, 1.807) is 5.57 Å². The molecule has 5 fully saturated rings. The summed E-state index contributed by atoms with van der Waals surface area (Å²) < 4.78 is 25.7. The van der Waals surface area contributed by atoms with Gasteiger partial charge in [-0.3, -0.25) is 0 Å². The second-order valence-corrected chi connectivity index (χ2v) is 13.4. The van der Waals surface area contributed by atoms with E-state index in [-0.39, 0.29) is 30.2 Å². The van der Waals surface area contributed by atoms with Gasteiger partial charge in [-0.05, 0) is 113 Å². The molecular formula is C31H50O5. The number of ether oxygens (including phenoxy) is 4. The second kappa shape index (κ2) is 10.6. The minimum absolute atomic E-state index is 0.0473. The lowest BCUT2D eigenvalue weighted by Gasteiger charge is -2.60. The van der Waals surface area contributed by atoms with Crippen molar-refractivity contribution in [2.24, 2.45) is 34.5 Å². The Kier molecular flexibility index (Phi) is 7.60. The molecule has 2 heterocycles.